The van der Waals surface area contributed by atoms with E-state index in [2.05, 4.69) is 30.6 Å². The van der Waals surface area contributed by atoms with Gasteiger partial charge in [-0.2, -0.15) is 15.2 Å². The number of nitrogens with zero attached hydrogens (tertiary/aromatic N) is 6. The molecule has 25 heavy (non-hydrogen) atoms. The zero-order valence-corrected chi connectivity index (χ0v) is 13.4. The maximum Gasteiger partial charge on any atom is 0.368 e. The van der Waals surface area contributed by atoms with Gasteiger partial charge in [0.2, 0.25) is 5.95 Å². The van der Waals surface area contributed by atoms with Crippen molar-refractivity contribution >= 4 is 23.0 Å². The number of fused-ring (bicyclic) bond motifs is 1. The fourth-order valence-electron chi connectivity index (χ4n) is 2.41. The van der Waals surface area contributed by atoms with E-state index in [9.17, 15) is 15.3 Å². The number of hydrogen-bond donors (Lipinski definition) is 5. The fraction of sp³-hybridized carbons (Fsp3) is 0.214. The Bertz CT molecular complexity index is 961. The van der Waals surface area contributed by atoms with Crippen LogP contribution >= 0.6 is 0 Å². The highest BCUT2D eigenvalue weighted by Crippen LogP contribution is 2.31. The normalized spacial score (nSPS) is 12.2. The zero-order chi connectivity index (χ0) is 18.2. The van der Waals surface area contributed by atoms with Crippen LogP contribution in [0.3, 0.4) is 0 Å². The second kappa shape index (κ2) is 6.05. The van der Waals surface area contributed by atoms with Crippen LogP contribution in [0.15, 0.2) is 34.6 Å². The zero-order valence-electron chi connectivity index (χ0n) is 13.4. The van der Waals surface area contributed by atoms with E-state index in [0.717, 1.165) is 0 Å². The summed E-state index contributed by atoms with van der Waals surface area (Å²) in [4.78, 5) is 8.38. The number of aliphatic hydroxyl groups is 3. The number of aryl methyl sites for hydroxylation is 1. The summed E-state index contributed by atoms with van der Waals surface area (Å²) >= 11 is 0. The topological polar surface area (TPSA) is 167 Å². The highest BCUT2D eigenvalue weighted by atomic mass is 16.7. The van der Waals surface area contributed by atoms with Crippen LogP contribution < -0.4 is 11.1 Å². The van der Waals surface area contributed by atoms with Crippen LogP contribution in [0.25, 0.3) is 16.8 Å². The smallest absolute Gasteiger partial charge is 0.366 e. The SMILES string of the molecule is CN=Nc1ccc(-c2ccn3nc(N)nc(NC(O)(O)O)c23)nc1C. The molecular formula is C14H16N8O3. The van der Waals surface area contributed by atoms with Gasteiger partial charge in [-0.05, 0) is 25.1 Å². The molecule has 0 bridgehead atoms. The Labute approximate surface area is 141 Å². The Kier molecular flexibility index (Phi) is 4.04. The quantitative estimate of drug-likeness (QED) is 0.335. The summed E-state index contributed by atoms with van der Waals surface area (Å²) in [6.45, 7) is 1.79. The van der Waals surface area contributed by atoms with Gasteiger partial charge in [-0.25, -0.2) is 4.52 Å². The molecule has 0 radical (unpaired) electrons. The maximum absolute atomic E-state index is 9.21. The van der Waals surface area contributed by atoms with Gasteiger partial charge in [0.15, 0.2) is 5.82 Å². The molecule has 0 unspecified atom stereocenters. The lowest BCUT2D eigenvalue weighted by Crippen LogP contribution is -2.37. The Morgan fingerprint density at radius 1 is 1.20 bits per heavy atom. The van der Waals surface area contributed by atoms with E-state index >= 15 is 0 Å². The predicted octanol–water partition coefficient (Wildman–Crippen LogP) is 0.396. The molecule has 130 valence electrons. The number of anilines is 2. The molecule has 3 aromatic heterocycles. The lowest BCUT2D eigenvalue weighted by atomic mass is 10.1. The van der Waals surface area contributed by atoms with Crippen LogP contribution in [0.2, 0.25) is 0 Å². The van der Waals surface area contributed by atoms with Gasteiger partial charge < -0.3 is 21.1 Å². The Morgan fingerprint density at radius 2 is 1.96 bits per heavy atom. The van der Waals surface area contributed by atoms with E-state index in [1.807, 2.05) is 0 Å². The van der Waals surface area contributed by atoms with E-state index in [4.69, 9.17) is 5.73 Å². The molecule has 0 saturated heterocycles. The molecule has 3 rings (SSSR count). The van der Waals surface area contributed by atoms with Crippen molar-refractivity contribution in [2.45, 2.75) is 13.0 Å². The van der Waals surface area contributed by atoms with Gasteiger partial charge >= 0.3 is 6.10 Å². The third kappa shape index (κ3) is 3.38. The first kappa shape index (κ1) is 16.7. The predicted molar refractivity (Wildman–Crippen MR) is 88.8 cm³/mol. The van der Waals surface area contributed by atoms with Crippen LogP contribution in [0.4, 0.5) is 17.5 Å². The van der Waals surface area contributed by atoms with Gasteiger partial charge in [-0.3, -0.25) is 10.3 Å². The lowest BCUT2D eigenvalue weighted by molar-refractivity contribution is -0.289. The molecule has 0 fully saturated rings. The third-order valence-electron chi connectivity index (χ3n) is 3.36. The van der Waals surface area contributed by atoms with Gasteiger partial charge in [0.1, 0.15) is 11.2 Å². The van der Waals surface area contributed by atoms with Crippen LogP contribution in [0.1, 0.15) is 5.69 Å². The van der Waals surface area contributed by atoms with E-state index in [-0.39, 0.29) is 11.8 Å². The Balaban J connectivity index is 2.19. The molecule has 0 spiro atoms. The summed E-state index contributed by atoms with van der Waals surface area (Å²) < 4.78 is 1.39. The van der Waals surface area contributed by atoms with Gasteiger partial charge in [0.05, 0.1) is 11.4 Å². The second-order valence-corrected chi connectivity index (χ2v) is 5.20. The van der Waals surface area contributed by atoms with Crippen LogP contribution in [-0.4, -0.2) is 48.0 Å². The summed E-state index contributed by atoms with van der Waals surface area (Å²) in [5.74, 6) is -0.193. The molecule has 0 aliphatic heterocycles. The van der Waals surface area contributed by atoms with E-state index in [1.54, 1.807) is 38.4 Å². The summed E-state index contributed by atoms with van der Waals surface area (Å²) in [6, 6.07) is 5.20. The number of aromatic nitrogens is 4. The van der Waals surface area contributed by atoms with Crippen molar-refractivity contribution < 1.29 is 15.3 Å². The van der Waals surface area contributed by atoms with Gasteiger partial charge in [0, 0.05) is 18.8 Å². The monoisotopic (exact) mass is 344 g/mol. The first-order valence-corrected chi connectivity index (χ1v) is 7.16. The van der Waals surface area contributed by atoms with Crippen molar-refractivity contribution in [3.8, 4) is 11.3 Å². The number of azo groups is 1. The molecule has 0 amide bonds. The van der Waals surface area contributed by atoms with Crippen molar-refractivity contribution in [3.63, 3.8) is 0 Å². The van der Waals surface area contributed by atoms with Crippen molar-refractivity contribution in [1.82, 2.24) is 19.6 Å². The molecule has 0 aliphatic carbocycles. The summed E-state index contributed by atoms with van der Waals surface area (Å²) in [5.41, 5.74) is 8.42. The molecule has 0 atom stereocenters. The van der Waals surface area contributed by atoms with Crippen molar-refractivity contribution in [1.29, 1.82) is 0 Å². The van der Waals surface area contributed by atoms with Crippen molar-refractivity contribution in [2.75, 3.05) is 18.1 Å². The maximum atomic E-state index is 9.21. The standard InChI is InChI=1S/C14H16N8O3/c1-7-9(20-16-2)3-4-10(17-7)8-5-6-22-11(8)12(18-13(15)21-22)19-14(23,24)25/h3-6,23-25H,1-2H3,(H3,15,18,19,21). The fourth-order valence-corrected chi connectivity index (χ4v) is 2.41. The number of nitrogens with one attached hydrogen (secondary N) is 1. The molecular weight excluding hydrogens is 328 g/mol. The first-order valence-electron chi connectivity index (χ1n) is 7.16. The third-order valence-corrected chi connectivity index (χ3v) is 3.36. The second-order valence-electron chi connectivity index (χ2n) is 5.20. The minimum absolute atomic E-state index is 0.0724. The van der Waals surface area contributed by atoms with Crippen LogP contribution in [0.5, 0.6) is 0 Å². The molecule has 3 aromatic rings. The number of nitrogen functional groups attached to an aromatic ring is 1. The molecule has 3 heterocycles. The average Bonchev–Trinajstić information content (AvgIpc) is 2.91. The minimum atomic E-state index is -3.17. The van der Waals surface area contributed by atoms with Gasteiger partial charge in [0.25, 0.3) is 0 Å². The number of rotatable bonds is 4. The number of nitrogens with two attached hydrogens (primary N) is 1. The van der Waals surface area contributed by atoms with E-state index in [0.29, 0.717) is 28.2 Å². The van der Waals surface area contributed by atoms with Crippen molar-refractivity contribution in [2.24, 2.45) is 10.2 Å². The molecule has 6 N–H and O–H groups in total. The number of hydrogen-bond acceptors (Lipinski definition) is 10. The van der Waals surface area contributed by atoms with Crippen LogP contribution in [-0.2, 0) is 0 Å². The Morgan fingerprint density at radius 3 is 2.60 bits per heavy atom. The lowest BCUT2D eigenvalue weighted by Gasteiger charge is -2.17. The summed E-state index contributed by atoms with van der Waals surface area (Å²) in [6.07, 6.45) is -1.56. The molecule has 11 nitrogen and oxygen atoms in total. The minimum Gasteiger partial charge on any atom is -0.366 e. The molecule has 0 saturated carbocycles. The molecule has 0 aliphatic rings. The van der Waals surface area contributed by atoms with E-state index < -0.39 is 6.10 Å². The largest absolute Gasteiger partial charge is 0.368 e. The van der Waals surface area contributed by atoms with Crippen molar-refractivity contribution in [3.05, 3.63) is 30.1 Å². The highest BCUT2D eigenvalue weighted by molar-refractivity contribution is 5.87. The first-order chi connectivity index (χ1) is 11.8. The molecule has 11 heteroatoms. The number of pyridine rings is 1. The van der Waals surface area contributed by atoms with Crippen LogP contribution in [0, 0.1) is 6.92 Å². The molecule has 0 aromatic carbocycles. The van der Waals surface area contributed by atoms with E-state index in [1.165, 1.54) is 4.52 Å². The Hall–Kier alpha value is -3.15. The summed E-state index contributed by atoms with van der Waals surface area (Å²) in [5, 5.41) is 41.4. The van der Waals surface area contributed by atoms with Gasteiger partial charge in [-0.1, -0.05) is 0 Å². The summed E-state index contributed by atoms with van der Waals surface area (Å²) in [7, 11) is 1.57. The highest BCUT2D eigenvalue weighted by Gasteiger charge is 2.23. The average molecular weight is 344 g/mol. The van der Waals surface area contributed by atoms with Gasteiger partial charge in [-0.15, -0.1) is 5.10 Å².